The largest absolute Gasteiger partial charge is 0.461 e. The fourth-order valence-electron chi connectivity index (χ4n) is 3.27. The molecule has 0 spiro atoms. The highest BCUT2D eigenvalue weighted by molar-refractivity contribution is 6.03. The molecule has 7 nitrogen and oxygen atoms in total. The quantitative estimate of drug-likeness (QED) is 0.337. The van der Waals surface area contributed by atoms with Crippen LogP contribution in [0.2, 0.25) is 0 Å². The highest BCUT2D eigenvalue weighted by Gasteiger charge is 2.36. The van der Waals surface area contributed by atoms with E-state index in [0.29, 0.717) is 44.3 Å². The van der Waals surface area contributed by atoms with Crippen LogP contribution >= 0.6 is 0 Å². The van der Waals surface area contributed by atoms with E-state index < -0.39 is 0 Å². The molecule has 1 N–H and O–H groups in total. The molecule has 7 heteroatoms. The zero-order valence-electron chi connectivity index (χ0n) is 18.1. The maximum absolute atomic E-state index is 12.1. The van der Waals surface area contributed by atoms with E-state index in [1.165, 1.54) is 4.90 Å². The van der Waals surface area contributed by atoms with Gasteiger partial charge in [0.1, 0.15) is 6.61 Å². The van der Waals surface area contributed by atoms with E-state index in [4.69, 9.17) is 4.74 Å². The molecule has 0 bridgehead atoms. The summed E-state index contributed by atoms with van der Waals surface area (Å²) in [5.74, 6) is -0.760. The van der Waals surface area contributed by atoms with Crippen molar-refractivity contribution in [3.05, 3.63) is 29.8 Å². The Labute approximate surface area is 178 Å². The van der Waals surface area contributed by atoms with Crippen LogP contribution in [0.1, 0.15) is 64.9 Å². The van der Waals surface area contributed by atoms with Gasteiger partial charge < -0.3 is 10.1 Å². The van der Waals surface area contributed by atoms with Crippen LogP contribution in [0.5, 0.6) is 0 Å². The number of benzene rings is 1. The van der Waals surface area contributed by atoms with Crippen molar-refractivity contribution < 1.29 is 23.9 Å². The molecule has 3 amide bonds. The molecule has 2 rings (SSSR count). The SMILES string of the molecule is CCC1CC(=O)N(CCCCCC(=O)Nc2ccc(COC(=O)C(C)C)cc2)C1=O. The summed E-state index contributed by atoms with van der Waals surface area (Å²) in [5.41, 5.74) is 1.55. The van der Waals surface area contributed by atoms with Gasteiger partial charge in [-0.15, -0.1) is 0 Å². The minimum atomic E-state index is -0.240. The molecular weight excluding hydrogens is 384 g/mol. The number of carbonyl (C=O) groups is 4. The van der Waals surface area contributed by atoms with Crippen molar-refractivity contribution in [1.29, 1.82) is 0 Å². The van der Waals surface area contributed by atoms with Gasteiger partial charge in [-0.25, -0.2) is 0 Å². The van der Waals surface area contributed by atoms with Gasteiger partial charge in [0.2, 0.25) is 17.7 Å². The molecular formula is C23H32N2O5. The van der Waals surface area contributed by atoms with E-state index in [-0.39, 0.29) is 42.1 Å². The van der Waals surface area contributed by atoms with Gasteiger partial charge in [0.05, 0.1) is 5.92 Å². The highest BCUT2D eigenvalue weighted by atomic mass is 16.5. The average molecular weight is 417 g/mol. The molecule has 0 saturated carbocycles. The Bertz CT molecular complexity index is 757. The van der Waals surface area contributed by atoms with Crippen molar-refractivity contribution in [3.63, 3.8) is 0 Å². The predicted octanol–water partition coefficient (Wildman–Crippen LogP) is 3.67. The second-order valence-electron chi connectivity index (χ2n) is 8.01. The molecule has 0 aliphatic carbocycles. The standard InChI is InChI=1S/C23H32N2O5/c1-4-18-14-21(27)25(22(18)28)13-7-5-6-8-20(26)24-19-11-9-17(10-12-19)15-30-23(29)16(2)3/h9-12,16,18H,4-8,13-15H2,1-3H3,(H,24,26). The van der Waals surface area contributed by atoms with E-state index in [2.05, 4.69) is 5.32 Å². The fraction of sp³-hybridized carbons (Fsp3) is 0.565. The topological polar surface area (TPSA) is 92.8 Å². The molecule has 1 aromatic carbocycles. The Morgan fingerprint density at radius 2 is 1.83 bits per heavy atom. The summed E-state index contributed by atoms with van der Waals surface area (Å²) in [6, 6.07) is 7.20. The molecule has 0 radical (unpaired) electrons. The van der Waals surface area contributed by atoms with Gasteiger partial charge in [-0.1, -0.05) is 39.3 Å². The van der Waals surface area contributed by atoms with Crippen molar-refractivity contribution in [2.75, 3.05) is 11.9 Å². The average Bonchev–Trinajstić information content (AvgIpc) is 3.00. The molecule has 30 heavy (non-hydrogen) atoms. The first-order valence-corrected chi connectivity index (χ1v) is 10.7. The maximum Gasteiger partial charge on any atom is 0.308 e. The van der Waals surface area contributed by atoms with Crippen LogP contribution < -0.4 is 5.32 Å². The maximum atomic E-state index is 12.1. The van der Waals surface area contributed by atoms with Gasteiger partial charge in [0, 0.05) is 31.0 Å². The van der Waals surface area contributed by atoms with Crippen molar-refractivity contribution in [2.24, 2.45) is 11.8 Å². The van der Waals surface area contributed by atoms with Crippen LogP contribution in [-0.2, 0) is 30.5 Å². The second-order valence-corrected chi connectivity index (χ2v) is 8.01. The lowest BCUT2D eigenvalue weighted by Crippen LogP contribution is -2.31. The summed E-state index contributed by atoms with van der Waals surface area (Å²) in [5, 5.41) is 2.85. The van der Waals surface area contributed by atoms with Gasteiger partial charge >= 0.3 is 5.97 Å². The first-order valence-electron chi connectivity index (χ1n) is 10.7. The summed E-state index contributed by atoms with van der Waals surface area (Å²) in [4.78, 5) is 48.9. The number of anilines is 1. The van der Waals surface area contributed by atoms with Crippen LogP contribution in [-0.4, -0.2) is 35.1 Å². The number of nitrogens with one attached hydrogen (secondary N) is 1. The molecule has 1 fully saturated rings. The smallest absolute Gasteiger partial charge is 0.308 e. The Kier molecular flexibility index (Phi) is 9.02. The minimum absolute atomic E-state index is 0.0531. The monoisotopic (exact) mass is 416 g/mol. The number of esters is 1. The number of amides is 3. The molecule has 1 atom stereocenters. The Balaban J connectivity index is 1.63. The lowest BCUT2D eigenvalue weighted by molar-refractivity contribution is -0.148. The third kappa shape index (κ3) is 6.97. The van der Waals surface area contributed by atoms with E-state index in [0.717, 1.165) is 12.0 Å². The van der Waals surface area contributed by atoms with Gasteiger partial charge in [-0.05, 0) is 37.0 Å². The van der Waals surface area contributed by atoms with Crippen LogP contribution in [0.25, 0.3) is 0 Å². The van der Waals surface area contributed by atoms with Crippen molar-refractivity contribution in [1.82, 2.24) is 4.90 Å². The summed E-state index contributed by atoms with van der Waals surface area (Å²) >= 11 is 0. The molecule has 164 valence electrons. The number of ether oxygens (including phenoxy) is 1. The number of unbranched alkanes of at least 4 members (excludes halogenated alkanes) is 2. The van der Waals surface area contributed by atoms with E-state index in [9.17, 15) is 19.2 Å². The lowest BCUT2D eigenvalue weighted by atomic mass is 10.1. The third-order valence-electron chi connectivity index (χ3n) is 5.21. The van der Waals surface area contributed by atoms with Crippen molar-refractivity contribution in [3.8, 4) is 0 Å². The Hall–Kier alpha value is -2.70. The first kappa shape index (κ1) is 23.6. The molecule has 1 saturated heterocycles. The number of imide groups is 1. The summed E-state index contributed by atoms with van der Waals surface area (Å²) in [6.45, 7) is 6.15. The van der Waals surface area contributed by atoms with E-state index >= 15 is 0 Å². The normalized spacial score (nSPS) is 16.3. The Morgan fingerprint density at radius 1 is 1.13 bits per heavy atom. The van der Waals surface area contributed by atoms with Crippen LogP contribution in [0, 0.1) is 11.8 Å². The van der Waals surface area contributed by atoms with Crippen LogP contribution in [0.15, 0.2) is 24.3 Å². The number of carbonyl (C=O) groups excluding carboxylic acids is 4. The zero-order chi connectivity index (χ0) is 22.1. The number of rotatable bonds is 11. The number of likely N-dealkylation sites (tertiary alicyclic amines) is 1. The number of hydrogen-bond acceptors (Lipinski definition) is 5. The van der Waals surface area contributed by atoms with Crippen LogP contribution in [0.3, 0.4) is 0 Å². The second kappa shape index (κ2) is 11.5. The van der Waals surface area contributed by atoms with E-state index in [1.807, 2.05) is 19.1 Å². The molecule has 1 unspecified atom stereocenters. The van der Waals surface area contributed by atoms with Gasteiger partial charge in [-0.3, -0.25) is 24.1 Å². The molecule has 0 aromatic heterocycles. The van der Waals surface area contributed by atoms with Crippen molar-refractivity contribution in [2.45, 2.75) is 65.9 Å². The number of nitrogens with zero attached hydrogens (tertiary/aromatic N) is 1. The molecule has 1 aliphatic rings. The third-order valence-corrected chi connectivity index (χ3v) is 5.21. The Morgan fingerprint density at radius 3 is 2.43 bits per heavy atom. The first-order chi connectivity index (χ1) is 14.3. The number of hydrogen-bond donors (Lipinski definition) is 1. The lowest BCUT2D eigenvalue weighted by Gasteiger charge is -2.14. The molecule has 1 aliphatic heterocycles. The van der Waals surface area contributed by atoms with Crippen molar-refractivity contribution >= 4 is 29.4 Å². The summed E-state index contributed by atoms with van der Waals surface area (Å²) < 4.78 is 5.18. The zero-order valence-corrected chi connectivity index (χ0v) is 18.1. The predicted molar refractivity (Wildman–Crippen MR) is 113 cm³/mol. The van der Waals surface area contributed by atoms with Gasteiger partial charge in [0.25, 0.3) is 0 Å². The van der Waals surface area contributed by atoms with E-state index in [1.54, 1.807) is 26.0 Å². The highest BCUT2D eigenvalue weighted by Crippen LogP contribution is 2.22. The van der Waals surface area contributed by atoms with Crippen LogP contribution in [0.4, 0.5) is 5.69 Å². The van der Waals surface area contributed by atoms with Gasteiger partial charge in [-0.2, -0.15) is 0 Å². The summed E-state index contributed by atoms with van der Waals surface area (Å²) in [7, 11) is 0. The fourth-order valence-corrected chi connectivity index (χ4v) is 3.27. The van der Waals surface area contributed by atoms with Gasteiger partial charge in [0.15, 0.2) is 0 Å². The molecule has 1 aromatic rings. The summed E-state index contributed by atoms with van der Waals surface area (Å²) in [6.07, 6.45) is 3.60. The molecule has 1 heterocycles. The minimum Gasteiger partial charge on any atom is -0.461 e.